The van der Waals surface area contributed by atoms with E-state index in [9.17, 15) is 4.79 Å². The van der Waals surface area contributed by atoms with Crippen LogP contribution in [0, 0.1) is 10.5 Å². The maximum Gasteiger partial charge on any atom is 0.363 e. The zero-order chi connectivity index (χ0) is 18.7. The summed E-state index contributed by atoms with van der Waals surface area (Å²) in [6, 6.07) is 11.3. The lowest BCUT2D eigenvalue weighted by atomic mass is 10.1. The van der Waals surface area contributed by atoms with Gasteiger partial charge in [0, 0.05) is 9.13 Å². The molecule has 0 aromatic heterocycles. The zero-order valence-corrected chi connectivity index (χ0v) is 16.9. The van der Waals surface area contributed by atoms with E-state index in [4.69, 9.17) is 14.2 Å². The number of methoxy groups -OCH3 is 1. The normalized spacial score (nSPS) is 15.0. The smallest absolute Gasteiger partial charge is 0.363 e. The Morgan fingerprint density at radius 2 is 2.00 bits per heavy atom. The predicted octanol–water partition coefficient (Wildman–Crippen LogP) is 4.35. The van der Waals surface area contributed by atoms with E-state index in [2.05, 4.69) is 27.6 Å². The highest BCUT2D eigenvalue weighted by molar-refractivity contribution is 14.1. The Bertz CT molecular complexity index is 918. The van der Waals surface area contributed by atoms with Crippen LogP contribution in [0.15, 0.2) is 47.1 Å². The molecule has 2 aromatic rings. The molecule has 6 heteroatoms. The van der Waals surface area contributed by atoms with Crippen LogP contribution in [0.5, 0.6) is 11.5 Å². The molecule has 1 aliphatic rings. The van der Waals surface area contributed by atoms with Crippen molar-refractivity contribution in [3.63, 3.8) is 0 Å². The monoisotopic (exact) mass is 463 g/mol. The largest absolute Gasteiger partial charge is 0.493 e. The molecule has 134 valence electrons. The highest BCUT2D eigenvalue weighted by atomic mass is 127. The van der Waals surface area contributed by atoms with Gasteiger partial charge in [-0.05, 0) is 84.0 Å². The number of aliphatic imine (C=N–C) groups is 1. The molecule has 26 heavy (non-hydrogen) atoms. The number of benzene rings is 2. The van der Waals surface area contributed by atoms with Crippen LogP contribution in [0.3, 0.4) is 0 Å². The van der Waals surface area contributed by atoms with Crippen LogP contribution in [-0.4, -0.2) is 25.6 Å². The molecule has 0 spiro atoms. The number of rotatable bonds is 5. The Morgan fingerprint density at radius 1 is 1.19 bits per heavy atom. The van der Waals surface area contributed by atoms with Gasteiger partial charge in [-0.1, -0.05) is 6.07 Å². The third kappa shape index (κ3) is 3.90. The van der Waals surface area contributed by atoms with Crippen LogP contribution in [0.4, 0.5) is 0 Å². The van der Waals surface area contributed by atoms with Gasteiger partial charge in [-0.25, -0.2) is 9.79 Å². The minimum absolute atomic E-state index is 0.252. The summed E-state index contributed by atoms with van der Waals surface area (Å²) in [6.45, 7) is 4.46. The third-order valence-electron chi connectivity index (χ3n) is 3.82. The third-order valence-corrected chi connectivity index (χ3v) is 5.03. The van der Waals surface area contributed by atoms with Gasteiger partial charge in [0.25, 0.3) is 0 Å². The van der Waals surface area contributed by atoms with E-state index in [1.807, 2.05) is 44.2 Å². The molecule has 3 rings (SSSR count). The second-order valence-electron chi connectivity index (χ2n) is 5.64. The molecular formula is C20H18INO4. The van der Waals surface area contributed by atoms with E-state index in [0.29, 0.717) is 24.0 Å². The molecule has 0 saturated heterocycles. The number of ether oxygens (including phenoxy) is 3. The van der Waals surface area contributed by atoms with Crippen molar-refractivity contribution in [2.45, 2.75) is 13.8 Å². The van der Waals surface area contributed by atoms with Crippen LogP contribution in [0.1, 0.15) is 23.6 Å². The Labute approximate surface area is 165 Å². The standard InChI is InChI=1S/C20H18INO4/c1-4-25-17-8-5-13(11-18(17)24-3)10-16-20(23)26-19(22-16)14-6-7-15(21)12(2)9-14/h5-11H,4H2,1-3H3/b16-10-. The fourth-order valence-electron chi connectivity index (χ4n) is 2.52. The van der Waals surface area contributed by atoms with Crippen molar-refractivity contribution in [2.75, 3.05) is 13.7 Å². The molecule has 2 aromatic carbocycles. The van der Waals surface area contributed by atoms with E-state index in [1.54, 1.807) is 19.3 Å². The van der Waals surface area contributed by atoms with Crippen LogP contribution >= 0.6 is 22.6 Å². The molecule has 1 aliphatic heterocycles. The zero-order valence-electron chi connectivity index (χ0n) is 14.7. The first-order valence-electron chi connectivity index (χ1n) is 8.11. The first-order valence-corrected chi connectivity index (χ1v) is 9.19. The molecule has 0 saturated carbocycles. The molecule has 0 aliphatic carbocycles. The number of halogens is 1. The SMILES string of the molecule is CCOc1ccc(/C=C2\N=C(c3ccc(I)c(C)c3)OC2=O)cc1OC. The second-order valence-corrected chi connectivity index (χ2v) is 6.81. The van der Waals surface area contributed by atoms with Crippen molar-refractivity contribution in [3.8, 4) is 11.5 Å². The van der Waals surface area contributed by atoms with E-state index < -0.39 is 5.97 Å². The number of aryl methyl sites for hydroxylation is 1. The van der Waals surface area contributed by atoms with Gasteiger partial charge >= 0.3 is 5.97 Å². The lowest BCUT2D eigenvalue weighted by Gasteiger charge is -2.09. The quantitative estimate of drug-likeness (QED) is 0.376. The van der Waals surface area contributed by atoms with E-state index >= 15 is 0 Å². The molecule has 0 amide bonds. The van der Waals surface area contributed by atoms with Crippen LogP contribution in [0.25, 0.3) is 6.08 Å². The van der Waals surface area contributed by atoms with Gasteiger partial charge in [0.05, 0.1) is 13.7 Å². The molecule has 5 nitrogen and oxygen atoms in total. The van der Waals surface area contributed by atoms with Crippen molar-refractivity contribution in [1.29, 1.82) is 0 Å². The summed E-state index contributed by atoms with van der Waals surface area (Å²) >= 11 is 2.26. The lowest BCUT2D eigenvalue weighted by Crippen LogP contribution is -2.05. The summed E-state index contributed by atoms with van der Waals surface area (Å²) in [5.41, 5.74) is 2.92. The van der Waals surface area contributed by atoms with Gasteiger partial charge in [-0.15, -0.1) is 0 Å². The van der Waals surface area contributed by atoms with Crippen LogP contribution < -0.4 is 9.47 Å². The topological polar surface area (TPSA) is 57.1 Å². The lowest BCUT2D eigenvalue weighted by molar-refractivity contribution is -0.129. The molecule has 0 atom stereocenters. The number of hydrogen-bond acceptors (Lipinski definition) is 5. The highest BCUT2D eigenvalue weighted by Gasteiger charge is 2.24. The van der Waals surface area contributed by atoms with Crippen molar-refractivity contribution in [1.82, 2.24) is 0 Å². The van der Waals surface area contributed by atoms with Crippen LogP contribution in [0.2, 0.25) is 0 Å². The van der Waals surface area contributed by atoms with Crippen molar-refractivity contribution >= 4 is 40.5 Å². The Hall–Kier alpha value is -2.35. The first kappa shape index (κ1) is 18.4. The summed E-state index contributed by atoms with van der Waals surface area (Å²) in [5.74, 6) is 1.11. The van der Waals surface area contributed by atoms with Gasteiger partial charge in [-0.2, -0.15) is 0 Å². The Kier molecular flexibility index (Phi) is 5.61. The molecule has 0 radical (unpaired) electrons. The van der Waals surface area contributed by atoms with Crippen LogP contribution in [-0.2, 0) is 9.53 Å². The van der Waals surface area contributed by atoms with E-state index in [1.165, 1.54) is 0 Å². The van der Waals surface area contributed by atoms with E-state index in [0.717, 1.165) is 20.3 Å². The maximum atomic E-state index is 12.2. The fraction of sp³-hybridized carbons (Fsp3) is 0.200. The predicted molar refractivity (Wildman–Crippen MR) is 109 cm³/mol. The minimum Gasteiger partial charge on any atom is -0.493 e. The molecule has 0 N–H and O–H groups in total. The number of hydrogen-bond donors (Lipinski definition) is 0. The average Bonchev–Trinajstić information content (AvgIpc) is 2.99. The molecule has 0 fully saturated rings. The summed E-state index contributed by atoms with van der Waals surface area (Å²) in [7, 11) is 1.58. The Balaban J connectivity index is 1.92. The Morgan fingerprint density at radius 3 is 2.69 bits per heavy atom. The molecule has 0 bridgehead atoms. The number of carbonyl (C=O) groups excluding carboxylic acids is 1. The fourth-order valence-corrected chi connectivity index (χ4v) is 2.85. The average molecular weight is 463 g/mol. The van der Waals surface area contributed by atoms with Gasteiger partial charge in [0.1, 0.15) is 0 Å². The summed E-state index contributed by atoms with van der Waals surface area (Å²) in [5, 5.41) is 0. The summed E-state index contributed by atoms with van der Waals surface area (Å²) < 4.78 is 17.3. The second kappa shape index (κ2) is 7.90. The number of nitrogens with zero attached hydrogens (tertiary/aromatic N) is 1. The number of carbonyl (C=O) groups is 1. The molecular weight excluding hydrogens is 445 g/mol. The summed E-state index contributed by atoms with van der Waals surface area (Å²) in [4.78, 5) is 16.5. The highest BCUT2D eigenvalue weighted by Crippen LogP contribution is 2.30. The van der Waals surface area contributed by atoms with Gasteiger partial charge in [-0.3, -0.25) is 0 Å². The number of cyclic esters (lactones) is 1. The maximum absolute atomic E-state index is 12.2. The van der Waals surface area contributed by atoms with Crippen molar-refractivity contribution in [3.05, 3.63) is 62.4 Å². The van der Waals surface area contributed by atoms with Gasteiger partial charge in [0.15, 0.2) is 17.2 Å². The molecule has 0 unspecified atom stereocenters. The van der Waals surface area contributed by atoms with Crippen molar-refractivity contribution in [2.24, 2.45) is 4.99 Å². The van der Waals surface area contributed by atoms with E-state index in [-0.39, 0.29) is 5.70 Å². The number of esters is 1. The molecule has 1 heterocycles. The van der Waals surface area contributed by atoms with Gasteiger partial charge in [0.2, 0.25) is 5.90 Å². The first-order chi connectivity index (χ1) is 12.5. The van der Waals surface area contributed by atoms with Crippen molar-refractivity contribution < 1.29 is 19.0 Å². The summed E-state index contributed by atoms with van der Waals surface area (Å²) in [6.07, 6.45) is 1.67. The minimum atomic E-state index is -0.468. The van der Waals surface area contributed by atoms with Gasteiger partial charge < -0.3 is 14.2 Å².